The van der Waals surface area contributed by atoms with Crippen molar-refractivity contribution in [3.8, 4) is 0 Å². The first-order chi connectivity index (χ1) is 15.0. The maximum atomic E-state index is 12.4. The van der Waals surface area contributed by atoms with Crippen LogP contribution in [0.5, 0.6) is 0 Å². The molecule has 3 aromatic rings. The molecule has 3 rings (SSSR count). The van der Waals surface area contributed by atoms with Crippen LogP contribution in [0.2, 0.25) is 0 Å². The summed E-state index contributed by atoms with van der Waals surface area (Å²) in [6.07, 6.45) is 0. The zero-order chi connectivity index (χ0) is 23.5. The van der Waals surface area contributed by atoms with E-state index >= 15 is 0 Å². The molecule has 0 atom stereocenters. The van der Waals surface area contributed by atoms with Crippen molar-refractivity contribution in [2.24, 2.45) is 10.1 Å². The van der Waals surface area contributed by atoms with Gasteiger partial charge in [-0.15, -0.1) is 0 Å². The molecule has 170 valence electrons. The summed E-state index contributed by atoms with van der Waals surface area (Å²) in [5.74, 6) is -2.69. The molecule has 0 fully saturated rings. The Labute approximate surface area is 187 Å². The highest BCUT2D eigenvalue weighted by molar-refractivity contribution is 7.91. The van der Waals surface area contributed by atoms with Gasteiger partial charge in [-0.2, -0.15) is 4.99 Å². The van der Waals surface area contributed by atoms with Gasteiger partial charge in [-0.05, 0) is 23.8 Å². The molecule has 0 saturated heterocycles. The molecule has 32 heavy (non-hydrogen) atoms. The van der Waals surface area contributed by atoms with Crippen LogP contribution in [-0.2, 0) is 46.5 Å². The van der Waals surface area contributed by atoms with Gasteiger partial charge in [-0.3, -0.25) is 9.59 Å². The maximum Gasteiger partial charge on any atom is 0.325 e. The van der Waals surface area contributed by atoms with E-state index in [-0.39, 0.29) is 22.0 Å². The number of esters is 1. The molecular formula is C19H19N3O7S3. The lowest BCUT2D eigenvalue weighted by Gasteiger charge is -2.04. The minimum Gasteiger partial charge on any atom is -0.468 e. The SMILES string of the molecule is COC(=O)Cn1c(=NC(=O)CS(=O)(=O)Cc2ccccc2)sc2cc(S(N)(=O)=O)ccc21. The van der Waals surface area contributed by atoms with Crippen LogP contribution in [0.25, 0.3) is 10.2 Å². The summed E-state index contributed by atoms with van der Waals surface area (Å²) in [6, 6.07) is 12.4. The molecule has 10 nitrogen and oxygen atoms in total. The topological polar surface area (TPSA) is 155 Å². The zero-order valence-electron chi connectivity index (χ0n) is 16.8. The molecule has 2 N–H and O–H groups in total. The first-order valence-corrected chi connectivity index (χ1v) is 13.2. The zero-order valence-corrected chi connectivity index (χ0v) is 19.2. The van der Waals surface area contributed by atoms with E-state index in [9.17, 15) is 26.4 Å². The number of fused-ring (bicyclic) bond motifs is 1. The van der Waals surface area contributed by atoms with Crippen molar-refractivity contribution in [3.63, 3.8) is 0 Å². The van der Waals surface area contributed by atoms with Crippen LogP contribution in [0.4, 0.5) is 0 Å². The number of sulfonamides is 1. The number of nitrogens with zero attached hydrogens (tertiary/aromatic N) is 2. The molecule has 0 spiro atoms. The van der Waals surface area contributed by atoms with Gasteiger partial charge in [0.1, 0.15) is 12.3 Å². The quantitative estimate of drug-likeness (QED) is 0.468. The van der Waals surface area contributed by atoms with Gasteiger partial charge in [0.15, 0.2) is 14.6 Å². The fourth-order valence-electron chi connectivity index (χ4n) is 2.87. The Kier molecular flexibility index (Phi) is 6.93. The van der Waals surface area contributed by atoms with Crippen LogP contribution in [0.3, 0.4) is 0 Å². The molecule has 0 aliphatic rings. The third-order valence-corrected chi connectivity index (χ3v) is 7.70. The first-order valence-electron chi connectivity index (χ1n) is 9.03. The van der Waals surface area contributed by atoms with E-state index in [1.54, 1.807) is 30.3 Å². The number of hydrogen-bond donors (Lipinski definition) is 1. The summed E-state index contributed by atoms with van der Waals surface area (Å²) in [5.41, 5.74) is 0.949. The Hall–Kier alpha value is -2.87. The Morgan fingerprint density at radius 1 is 1.09 bits per heavy atom. The minimum absolute atomic E-state index is 0.0249. The number of carbonyl (C=O) groups excluding carboxylic acids is 2. The van der Waals surface area contributed by atoms with Crippen molar-refractivity contribution in [2.75, 3.05) is 12.9 Å². The van der Waals surface area contributed by atoms with Crippen LogP contribution >= 0.6 is 11.3 Å². The lowest BCUT2D eigenvalue weighted by atomic mass is 10.2. The molecule has 0 radical (unpaired) electrons. The number of ether oxygens (including phenoxy) is 1. The molecule has 2 aromatic carbocycles. The number of rotatable bonds is 7. The number of carbonyl (C=O) groups is 2. The van der Waals surface area contributed by atoms with E-state index in [1.165, 1.54) is 29.9 Å². The highest BCUT2D eigenvalue weighted by Gasteiger charge is 2.19. The van der Waals surface area contributed by atoms with Crippen LogP contribution in [0.15, 0.2) is 58.4 Å². The van der Waals surface area contributed by atoms with Crippen LogP contribution in [0.1, 0.15) is 5.56 Å². The maximum absolute atomic E-state index is 12.4. The third-order valence-electron chi connectivity index (χ3n) is 4.29. The second-order valence-corrected chi connectivity index (χ2v) is 11.4. The fourth-order valence-corrected chi connectivity index (χ4v) is 5.81. The van der Waals surface area contributed by atoms with Gasteiger partial charge in [0.05, 0.1) is 28.0 Å². The lowest BCUT2D eigenvalue weighted by molar-refractivity contribution is -0.141. The molecular weight excluding hydrogens is 478 g/mol. The molecule has 13 heteroatoms. The van der Waals surface area contributed by atoms with E-state index < -0.39 is 37.5 Å². The number of methoxy groups -OCH3 is 1. The first kappa shape index (κ1) is 23.8. The number of primary sulfonamides is 1. The van der Waals surface area contributed by atoms with Crippen molar-refractivity contribution in [1.82, 2.24) is 4.57 Å². The number of amides is 1. The van der Waals surface area contributed by atoms with Crippen LogP contribution < -0.4 is 9.94 Å². The third kappa shape index (κ3) is 5.88. The molecule has 0 saturated carbocycles. The largest absolute Gasteiger partial charge is 0.468 e. The molecule has 0 aliphatic carbocycles. The Balaban J connectivity index is 2.00. The Morgan fingerprint density at radius 2 is 1.78 bits per heavy atom. The number of hydrogen-bond acceptors (Lipinski definition) is 8. The number of thiazole rings is 1. The molecule has 1 aromatic heterocycles. The normalized spacial score (nSPS) is 12.8. The van der Waals surface area contributed by atoms with Gasteiger partial charge >= 0.3 is 5.97 Å². The average Bonchev–Trinajstić information content (AvgIpc) is 3.03. The molecule has 0 bridgehead atoms. The predicted molar refractivity (Wildman–Crippen MR) is 118 cm³/mol. The summed E-state index contributed by atoms with van der Waals surface area (Å²) >= 11 is 0.918. The number of nitrogens with two attached hydrogens (primary N) is 1. The number of benzene rings is 2. The molecule has 0 unspecified atom stereocenters. The molecule has 0 aliphatic heterocycles. The van der Waals surface area contributed by atoms with Crippen molar-refractivity contribution in [3.05, 3.63) is 58.9 Å². The van der Waals surface area contributed by atoms with Crippen molar-refractivity contribution in [1.29, 1.82) is 0 Å². The van der Waals surface area contributed by atoms with Crippen molar-refractivity contribution >= 4 is 53.3 Å². The summed E-state index contributed by atoms with van der Waals surface area (Å²) < 4.78 is 54.5. The molecule has 1 amide bonds. The van der Waals surface area contributed by atoms with Crippen molar-refractivity contribution < 1.29 is 31.2 Å². The highest BCUT2D eigenvalue weighted by atomic mass is 32.2. The van der Waals surface area contributed by atoms with E-state index in [0.29, 0.717) is 15.8 Å². The van der Waals surface area contributed by atoms with Gasteiger partial charge in [0, 0.05) is 0 Å². The number of aromatic nitrogens is 1. The monoisotopic (exact) mass is 497 g/mol. The second kappa shape index (κ2) is 9.32. The van der Waals surface area contributed by atoms with Crippen molar-refractivity contribution in [2.45, 2.75) is 17.2 Å². The lowest BCUT2D eigenvalue weighted by Crippen LogP contribution is -2.24. The van der Waals surface area contributed by atoms with Gasteiger partial charge in [-0.1, -0.05) is 41.7 Å². The van der Waals surface area contributed by atoms with E-state index in [1.807, 2.05) is 0 Å². The fraction of sp³-hybridized carbons (Fsp3) is 0.211. The summed E-state index contributed by atoms with van der Waals surface area (Å²) in [5, 5.41) is 5.16. The smallest absolute Gasteiger partial charge is 0.325 e. The van der Waals surface area contributed by atoms with Gasteiger partial charge in [-0.25, -0.2) is 22.0 Å². The summed E-state index contributed by atoms with van der Waals surface area (Å²) in [6.45, 7) is -0.311. The second-order valence-electron chi connectivity index (χ2n) is 6.74. The summed E-state index contributed by atoms with van der Waals surface area (Å²) in [7, 11) is -6.57. The van der Waals surface area contributed by atoms with E-state index in [2.05, 4.69) is 9.73 Å². The average molecular weight is 498 g/mol. The van der Waals surface area contributed by atoms with Crippen LogP contribution in [-0.4, -0.2) is 46.1 Å². The standard InChI is InChI=1S/C19H19N3O7S3/c1-29-18(24)10-22-15-8-7-14(32(20,27)28)9-16(15)30-19(22)21-17(23)12-31(25,26)11-13-5-3-2-4-6-13/h2-9H,10-12H2,1H3,(H2,20,27,28). The van der Waals surface area contributed by atoms with Gasteiger partial charge in [0.25, 0.3) is 5.91 Å². The van der Waals surface area contributed by atoms with Crippen LogP contribution in [0, 0.1) is 0 Å². The van der Waals surface area contributed by atoms with E-state index in [4.69, 9.17) is 5.14 Å². The molecule has 1 heterocycles. The van der Waals surface area contributed by atoms with Gasteiger partial charge < -0.3 is 9.30 Å². The number of sulfone groups is 1. The van der Waals surface area contributed by atoms with Gasteiger partial charge in [0.2, 0.25) is 10.0 Å². The van der Waals surface area contributed by atoms with E-state index in [0.717, 1.165) is 11.3 Å². The Bertz CT molecular complexity index is 1450. The summed E-state index contributed by atoms with van der Waals surface area (Å²) in [4.78, 5) is 28.0. The highest BCUT2D eigenvalue weighted by Crippen LogP contribution is 2.21. The predicted octanol–water partition coefficient (Wildman–Crippen LogP) is 0.566. The Morgan fingerprint density at radius 3 is 2.41 bits per heavy atom. The minimum atomic E-state index is -3.97.